The van der Waals surface area contributed by atoms with Gasteiger partial charge >= 0.3 is 1.43 Å². The van der Waals surface area contributed by atoms with Crippen LogP contribution in [0.2, 0.25) is 0 Å². The fourth-order valence-electron chi connectivity index (χ4n) is 1.36. The van der Waals surface area contributed by atoms with Crippen LogP contribution < -0.4 is 0 Å². The van der Waals surface area contributed by atoms with Crippen LogP contribution in [-0.4, -0.2) is 40.0 Å². The topological polar surface area (TPSA) is 150 Å². The molecule has 0 bridgehead atoms. The third-order valence-electron chi connectivity index (χ3n) is 2.06. The second kappa shape index (κ2) is 6.96. The van der Waals surface area contributed by atoms with Gasteiger partial charge in [0.1, 0.15) is 11.1 Å². The Kier molecular flexibility index (Phi) is 6.59. The number of nitrogens with zero attached hydrogens (tertiary/aromatic N) is 2. The van der Waals surface area contributed by atoms with Crippen LogP contribution >= 0.6 is 0 Å². The second-order valence-electron chi connectivity index (χ2n) is 3.62. The fraction of sp³-hybridized carbons (Fsp3) is 0.625. The van der Waals surface area contributed by atoms with E-state index in [1.807, 2.05) is 6.92 Å². The minimum atomic E-state index is -4.92. The minimum absolute atomic E-state index is 0. The Hall–Kier alpha value is -1.01. The Morgan fingerprint density at radius 1 is 1.42 bits per heavy atom. The standard InChI is InChI=1S/C8H14N2O3S.H2O4S/c1-3-4-7(14(11,12)13)8-9-5-6-10(8)2;1-5(2,3)4/h5-7H,3-4H2,1-2H3,(H,11,12,13);(H2,1,2,3,4). The molecule has 0 amide bonds. The first kappa shape index (κ1) is 18.0. The minimum Gasteiger partial charge on any atom is -0.726 e. The third kappa shape index (κ3) is 7.89. The summed E-state index contributed by atoms with van der Waals surface area (Å²) in [7, 11) is -7.27. The summed E-state index contributed by atoms with van der Waals surface area (Å²) in [5, 5.41) is -0.910. The molecule has 1 aromatic heterocycles. The van der Waals surface area contributed by atoms with Crippen molar-refractivity contribution < 1.29 is 31.9 Å². The van der Waals surface area contributed by atoms with Gasteiger partial charge in [0.2, 0.25) is 10.4 Å². The van der Waals surface area contributed by atoms with Crippen molar-refractivity contribution in [1.29, 1.82) is 0 Å². The van der Waals surface area contributed by atoms with Gasteiger partial charge in [-0.25, -0.2) is 13.4 Å². The molecule has 1 aromatic rings. The van der Waals surface area contributed by atoms with Gasteiger partial charge in [-0.1, -0.05) is 13.3 Å². The van der Waals surface area contributed by atoms with Crippen LogP contribution in [0.4, 0.5) is 0 Å². The molecule has 11 heteroatoms. The molecule has 0 aromatic carbocycles. The summed E-state index contributed by atoms with van der Waals surface area (Å²) in [6.45, 7) is 1.86. The Bertz CT molecular complexity index is 588. The van der Waals surface area contributed by atoms with Crippen LogP contribution in [0, 0.1) is 0 Å². The fourth-order valence-corrected chi connectivity index (χ4v) is 2.39. The maximum atomic E-state index is 11.1. The van der Waals surface area contributed by atoms with Gasteiger partial charge in [0, 0.05) is 19.4 Å². The lowest BCUT2D eigenvalue weighted by molar-refractivity contribution is 0.366. The highest BCUT2D eigenvalue weighted by molar-refractivity contribution is 7.86. The summed E-state index contributed by atoms with van der Waals surface area (Å²) in [4.78, 5) is 3.92. The molecular weight excluding hydrogens is 300 g/mol. The first-order valence-electron chi connectivity index (χ1n) is 5.08. The number of imidazole rings is 1. The quantitative estimate of drug-likeness (QED) is 0.593. The Labute approximate surface area is 113 Å². The molecule has 112 valence electrons. The molecule has 1 rings (SSSR count). The zero-order valence-electron chi connectivity index (χ0n) is 11.3. The molecule has 9 nitrogen and oxygen atoms in total. The zero-order valence-corrected chi connectivity index (χ0v) is 11.9. The number of hydrogen-bond acceptors (Lipinski definition) is 6. The summed E-state index contributed by atoms with van der Waals surface area (Å²) in [6.07, 6.45) is 4.23. The number of rotatable bonds is 4. The second-order valence-corrected chi connectivity index (χ2v) is 6.07. The third-order valence-corrected chi connectivity index (χ3v) is 3.22. The highest BCUT2D eigenvalue weighted by atomic mass is 32.3. The van der Waals surface area contributed by atoms with E-state index >= 15 is 0 Å². The van der Waals surface area contributed by atoms with Gasteiger partial charge in [-0.2, -0.15) is 8.42 Å². The normalized spacial score (nSPS) is 13.5. The van der Waals surface area contributed by atoms with Gasteiger partial charge in [0.25, 0.3) is 10.1 Å². The molecule has 0 saturated heterocycles. The van der Waals surface area contributed by atoms with E-state index < -0.39 is 25.8 Å². The molecule has 0 aliphatic heterocycles. The SMILES string of the molecule is CCCC(c1nccn1C)S(=O)(=O)O.O=S(=O)([O-])O.[H+]. The summed E-state index contributed by atoms with van der Waals surface area (Å²) in [5.74, 6) is 0.384. The van der Waals surface area contributed by atoms with Crippen LogP contribution in [0.25, 0.3) is 0 Å². The smallest absolute Gasteiger partial charge is 0.726 e. The predicted octanol–water partition coefficient (Wildman–Crippen LogP) is 0.266. The van der Waals surface area contributed by atoms with Crippen LogP contribution in [0.1, 0.15) is 32.3 Å². The molecule has 1 heterocycles. The van der Waals surface area contributed by atoms with E-state index in [2.05, 4.69) is 4.98 Å². The Balaban J connectivity index is 0. The van der Waals surface area contributed by atoms with E-state index in [1.165, 1.54) is 6.20 Å². The summed E-state index contributed by atoms with van der Waals surface area (Å²) >= 11 is 0. The van der Waals surface area contributed by atoms with Crippen LogP contribution in [0.15, 0.2) is 12.4 Å². The molecule has 0 radical (unpaired) electrons. The predicted molar refractivity (Wildman–Crippen MR) is 65.8 cm³/mol. The van der Waals surface area contributed by atoms with E-state index in [9.17, 15) is 8.42 Å². The number of aryl methyl sites for hydroxylation is 1. The van der Waals surface area contributed by atoms with E-state index in [0.29, 0.717) is 18.7 Å². The highest BCUT2D eigenvalue weighted by Crippen LogP contribution is 2.24. The molecule has 0 aliphatic carbocycles. The van der Waals surface area contributed by atoms with Crippen molar-refractivity contribution in [3.8, 4) is 0 Å². The van der Waals surface area contributed by atoms with E-state index in [1.54, 1.807) is 17.8 Å². The van der Waals surface area contributed by atoms with Crippen molar-refractivity contribution in [2.75, 3.05) is 0 Å². The lowest BCUT2D eigenvalue weighted by Gasteiger charge is -2.12. The Morgan fingerprint density at radius 3 is 2.16 bits per heavy atom. The largest absolute Gasteiger partial charge is 1.00 e. The molecule has 19 heavy (non-hydrogen) atoms. The first-order valence-corrected chi connectivity index (χ1v) is 7.95. The van der Waals surface area contributed by atoms with Crippen molar-refractivity contribution in [2.24, 2.45) is 7.05 Å². The van der Waals surface area contributed by atoms with Crippen molar-refractivity contribution in [2.45, 2.75) is 25.0 Å². The van der Waals surface area contributed by atoms with Gasteiger partial charge < -0.3 is 9.12 Å². The first-order chi connectivity index (χ1) is 8.46. The summed E-state index contributed by atoms with van der Waals surface area (Å²) in [5.41, 5.74) is 0. The average Bonchev–Trinajstić information content (AvgIpc) is 2.56. The van der Waals surface area contributed by atoms with E-state index in [4.69, 9.17) is 22.1 Å². The van der Waals surface area contributed by atoms with Gasteiger partial charge in [-0.15, -0.1) is 0 Å². The van der Waals surface area contributed by atoms with E-state index in [0.717, 1.165) is 0 Å². The molecule has 1 unspecified atom stereocenters. The number of hydrogen-bond donors (Lipinski definition) is 2. The molecule has 0 saturated carbocycles. The molecule has 2 N–H and O–H groups in total. The number of aromatic nitrogens is 2. The van der Waals surface area contributed by atoms with Gasteiger partial charge in [-0.05, 0) is 6.42 Å². The van der Waals surface area contributed by atoms with Crippen LogP contribution in [-0.2, 0) is 27.6 Å². The lowest BCUT2D eigenvalue weighted by atomic mass is 10.2. The van der Waals surface area contributed by atoms with Gasteiger partial charge in [-0.3, -0.25) is 9.11 Å². The van der Waals surface area contributed by atoms with Crippen molar-refractivity contribution >= 4 is 20.5 Å². The molecule has 1 atom stereocenters. The Morgan fingerprint density at radius 2 is 1.89 bits per heavy atom. The van der Waals surface area contributed by atoms with Crippen LogP contribution in [0.5, 0.6) is 0 Å². The average molecular weight is 316 g/mol. The maximum absolute atomic E-state index is 11.1. The van der Waals surface area contributed by atoms with Crippen molar-refractivity contribution in [3.63, 3.8) is 0 Å². The summed E-state index contributed by atoms with van der Waals surface area (Å²) in [6, 6.07) is 0. The van der Waals surface area contributed by atoms with Crippen molar-refractivity contribution in [3.05, 3.63) is 18.2 Å². The van der Waals surface area contributed by atoms with Gasteiger partial charge in [0.05, 0.1) is 0 Å². The molecular formula is C8H16N2O7S2. The summed E-state index contributed by atoms with van der Waals surface area (Å²) < 4.78 is 65.6. The lowest BCUT2D eigenvalue weighted by Crippen LogP contribution is -2.16. The molecule has 0 spiro atoms. The highest BCUT2D eigenvalue weighted by Gasteiger charge is 2.27. The van der Waals surface area contributed by atoms with E-state index in [-0.39, 0.29) is 1.43 Å². The zero-order chi connectivity index (χ0) is 15.3. The van der Waals surface area contributed by atoms with Gasteiger partial charge in [0.15, 0.2) is 0 Å². The monoisotopic (exact) mass is 316 g/mol. The van der Waals surface area contributed by atoms with Crippen LogP contribution in [0.3, 0.4) is 0 Å². The molecule has 0 fully saturated rings. The molecule has 0 aliphatic rings. The van der Waals surface area contributed by atoms with Crippen molar-refractivity contribution in [1.82, 2.24) is 9.55 Å². The maximum Gasteiger partial charge on any atom is 1.00 e.